The smallest absolute Gasteiger partial charge is 0.338 e. The van der Waals surface area contributed by atoms with Crippen LogP contribution in [0.25, 0.3) is 0 Å². The highest BCUT2D eigenvalue weighted by molar-refractivity contribution is 5.92. The number of ether oxygens (including phenoxy) is 2. The van der Waals surface area contributed by atoms with Crippen molar-refractivity contribution in [3.63, 3.8) is 0 Å². The second kappa shape index (κ2) is 10.5. The van der Waals surface area contributed by atoms with E-state index in [1.807, 2.05) is 17.8 Å². The molecule has 0 radical (unpaired) electrons. The van der Waals surface area contributed by atoms with Gasteiger partial charge in [-0.2, -0.15) is 5.10 Å². The summed E-state index contributed by atoms with van der Waals surface area (Å²) in [6, 6.07) is 12.7. The molecule has 0 unspecified atom stereocenters. The SMILES string of the molecule is CCOC(=O)c1ccc(NC(=O)N2CCc3c(c(COCc4cccc(F)c4)nn3C)C2)cc1. The number of urea groups is 1. The van der Waals surface area contributed by atoms with E-state index in [-0.39, 0.29) is 25.1 Å². The highest BCUT2D eigenvalue weighted by atomic mass is 19.1. The monoisotopic (exact) mass is 466 g/mol. The molecule has 34 heavy (non-hydrogen) atoms. The van der Waals surface area contributed by atoms with Crippen molar-refractivity contribution in [1.29, 1.82) is 0 Å². The van der Waals surface area contributed by atoms with Crippen LogP contribution in [-0.4, -0.2) is 39.8 Å². The first-order valence-corrected chi connectivity index (χ1v) is 11.1. The molecule has 2 aromatic carbocycles. The lowest BCUT2D eigenvalue weighted by Crippen LogP contribution is -2.39. The summed E-state index contributed by atoms with van der Waals surface area (Å²) in [5.41, 5.74) is 4.59. The van der Waals surface area contributed by atoms with Crippen LogP contribution in [0, 0.1) is 5.82 Å². The molecule has 0 saturated heterocycles. The summed E-state index contributed by atoms with van der Waals surface area (Å²) in [5, 5.41) is 7.45. The zero-order chi connectivity index (χ0) is 24.1. The maximum atomic E-state index is 13.4. The Morgan fingerprint density at radius 1 is 1.15 bits per heavy atom. The number of esters is 1. The van der Waals surface area contributed by atoms with Crippen LogP contribution in [-0.2, 0) is 42.7 Å². The molecule has 3 aromatic rings. The fraction of sp³-hybridized carbons (Fsp3) is 0.320. The molecule has 1 N–H and O–H groups in total. The molecule has 0 aliphatic carbocycles. The number of amides is 2. The van der Waals surface area contributed by atoms with Gasteiger partial charge in [0.15, 0.2) is 0 Å². The molecule has 2 heterocycles. The third-order valence-corrected chi connectivity index (χ3v) is 5.66. The number of aromatic nitrogens is 2. The summed E-state index contributed by atoms with van der Waals surface area (Å²) < 4.78 is 26.0. The third kappa shape index (κ3) is 5.43. The van der Waals surface area contributed by atoms with Crippen LogP contribution in [0.15, 0.2) is 48.5 Å². The van der Waals surface area contributed by atoms with Crippen molar-refractivity contribution >= 4 is 17.7 Å². The van der Waals surface area contributed by atoms with Crippen molar-refractivity contribution in [3.8, 4) is 0 Å². The summed E-state index contributed by atoms with van der Waals surface area (Å²) in [6.07, 6.45) is 0.679. The molecule has 8 nitrogen and oxygen atoms in total. The Hall–Kier alpha value is -3.72. The zero-order valence-corrected chi connectivity index (χ0v) is 19.2. The average molecular weight is 467 g/mol. The van der Waals surface area contributed by atoms with Crippen LogP contribution in [0.2, 0.25) is 0 Å². The first kappa shape index (κ1) is 23.4. The summed E-state index contributed by atoms with van der Waals surface area (Å²) in [5.74, 6) is -0.693. The fourth-order valence-corrected chi connectivity index (χ4v) is 3.96. The van der Waals surface area contributed by atoms with Crippen molar-refractivity contribution in [2.75, 3.05) is 18.5 Å². The quantitative estimate of drug-likeness (QED) is 0.531. The molecule has 2 amide bonds. The number of rotatable bonds is 7. The number of carbonyl (C=O) groups is 2. The predicted molar refractivity (Wildman–Crippen MR) is 124 cm³/mol. The maximum Gasteiger partial charge on any atom is 0.338 e. The molecular formula is C25H27FN4O4. The number of aryl methyl sites for hydroxylation is 1. The van der Waals surface area contributed by atoms with Crippen LogP contribution in [0.4, 0.5) is 14.9 Å². The molecule has 9 heteroatoms. The fourth-order valence-electron chi connectivity index (χ4n) is 3.96. The Morgan fingerprint density at radius 2 is 1.94 bits per heavy atom. The predicted octanol–water partition coefficient (Wildman–Crippen LogP) is 4.04. The zero-order valence-electron chi connectivity index (χ0n) is 19.2. The van der Waals surface area contributed by atoms with Crippen molar-refractivity contribution < 1.29 is 23.5 Å². The van der Waals surface area contributed by atoms with Gasteiger partial charge >= 0.3 is 12.0 Å². The van der Waals surface area contributed by atoms with E-state index in [9.17, 15) is 14.0 Å². The number of fused-ring (bicyclic) bond motifs is 1. The summed E-state index contributed by atoms with van der Waals surface area (Å²) >= 11 is 0. The van der Waals surface area contributed by atoms with Gasteiger partial charge in [-0.25, -0.2) is 14.0 Å². The number of nitrogens with one attached hydrogen (secondary N) is 1. The Labute approximate surface area is 197 Å². The van der Waals surface area contributed by atoms with Crippen LogP contribution in [0.1, 0.15) is 39.8 Å². The molecule has 178 valence electrons. The summed E-state index contributed by atoms with van der Waals surface area (Å²) in [4.78, 5) is 26.4. The van der Waals surface area contributed by atoms with Crippen molar-refractivity contribution in [2.24, 2.45) is 7.05 Å². The van der Waals surface area contributed by atoms with E-state index < -0.39 is 5.97 Å². The van der Waals surface area contributed by atoms with Gasteiger partial charge in [0.25, 0.3) is 0 Å². The number of carbonyl (C=O) groups excluding carboxylic acids is 2. The van der Waals surface area contributed by atoms with Crippen molar-refractivity contribution in [2.45, 2.75) is 33.1 Å². The van der Waals surface area contributed by atoms with Crippen molar-refractivity contribution in [3.05, 3.63) is 82.4 Å². The van der Waals surface area contributed by atoms with Gasteiger partial charge in [-0.05, 0) is 48.9 Å². The first-order chi connectivity index (χ1) is 16.4. The molecule has 0 bridgehead atoms. The Kier molecular flexibility index (Phi) is 7.22. The molecule has 1 aliphatic rings. The molecule has 0 atom stereocenters. The second-order valence-corrected chi connectivity index (χ2v) is 8.02. The molecule has 1 aliphatic heterocycles. The summed E-state index contributed by atoms with van der Waals surface area (Å²) in [6.45, 7) is 3.57. The molecular weight excluding hydrogens is 439 g/mol. The Balaban J connectivity index is 1.37. The van der Waals surface area contributed by atoms with Crippen LogP contribution in [0.3, 0.4) is 0 Å². The number of halogens is 1. The molecule has 1 aromatic heterocycles. The Bertz CT molecular complexity index is 1180. The van der Waals surface area contributed by atoms with Gasteiger partial charge in [0.05, 0.1) is 37.6 Å². The van der Waals surface area contributed by atoms with E-state index in [2.05, 4.69) is 10.4 Å². The lowest BCUT2D eigenvalue weighted by Gasteiger charge is -2.28. The van der Waals surface area contributed by atoms with Gasteiger partial charge in [0.2, 0.25) is 0 Å². The number of benzene rings is 2. The average Bonchev–Trinajstić information content (AvgIpc) is 3.14. The lowest BCUT2D eigenvalue weighted by molar-refractivity contribution is 0.0526. The standard InChI is InChI=1S/C25H27FN4O4/c1-3-34-24(31)18-7-9-20(10-8-18)27-25(32)30-12-11-23-21(14-30)22(28-29(23)2)16-33-15-17-5-4-6-19(26)13-17/h4-10,13H,3,11-12,14-16H2,1-2H3,(H,27,32). The molecule has 4 rings (SSSR count). The number of hydrogen-bond acceptors (Lipinski definition) is 5. The van der Waals surface area contributed by atoms with E-state index in [4.69, 9.17) is 9.47 Å². The van der Waals surface area contributed by atoms with Gasteiger partial charge in [-0.3, -0.25) is 4.68 Å². The van der Waals surface area contributed by atoms with E-state index in [0.29, 0.717) is 37.4 Å². The number of hydrogen-bond donors (Lipinski definition) is 1. The van der Waals surface area contributed by atoms with Crippen LogP contribution < -0.4 is 5.32 Å². The van der Waals surface area contributed by atoms with E-state index in [1.165, 1.54) is 12.1 Å². The lowest BCUT2D eigenvalue weighted by atomic mass is 10.1. The molecule has 0 spiro atoms. The van der Waals surface area contributed by atoms with Gasteiger partial charge in [0.1, 0.15) is 5.82 Å². The largest absolute Gasteiger partial charge is 0.462 e. The van der Waals surface area contributed by atoms with E-state index in [0.717, 1.165) is 22.5 Å². The summed E-state index contributed by atoms with van der Waals surface area (Å²) in [7, 11) is 1.88. The van der Waals surface area contributed by atoms with Gasteiger partial charge < -0.3 is 19.7 Å². The second-order valence-electron chi connectivity index (χ2n) is 8.02. The van der Waals surface area contributed by atoms with E-state index in [1.54, 1.807) is 42.2 Å². The Morgan fingerprint density at radius 3 is 2.68 bits per heavy atom. The minimum atomic E-state index is -0.396. The topological polar surface area (TPSA) is 85.7 Å². The molecule has 0 fully saturated rings. The first-order valence-electron chi connectivity index (χ1n) is 11.1. The molecule has 0 saturated carbocycles. The van der Waals surface area contributed by atoms with Gasteiger partial charge in [-0.1, -0.05) is 12.1 Å². The maximum absolute atomic E-state index is 13.4. The highest BCUT2D eigenvalue weighted by Gasteiger charge is 2.26. The number of nitrogens with zero attached hydrogens (tertiary/aromatic N) is 3. The van der Waals surface area contributed by atoms with Crippen molar-refractivity contribution in [1.82, 2.24) is 14.7 Å². The van der Waals surface area contributed by atoms with E-state index >= 15 is 0 Å². The normalized spacial score (nSPS) is 12.9. The van der Waals surface area contributed by atoms with Crippen LogP contribution >= 0.6 is 0 Å². The minimum absolute atomic E-state index is 0.231. The highest BCUT2D eigenvalue weighted by Crippen LogP contribution is 2.24. The number of anilines is 1. The minimum Gasteiger partial charge on any atom is -0.462 e. The van der Waals surface area contributed by atoms with Crippen LogP contribution in [0.5, 0.6) is 0 Å². The van der Waals surface area contributed by atoms with Gasteiger partial charge in [-0.15, -0.1) is 0 Å². The van der Waals surface area contributed by atoms with Gasteiger partial charge in [0, 0.05) is 37.0 Å². The third-order valence-electron chi connectivity index (χ3n) is 5.66.